The van der Waals surface area contributed by atoms with E-state index in [0.717, 1.165) is 33.5 Å². The van der Waals surface area contributed by atoms with E-state index < -0.39 is 5.92 Å². The Morgan fingerprint density at radius 1 is 1.40 bits per heavy atom. The Balaban J connectivity index is 2.00. The van der Waals surface area contributed by atoms with Crippen molar-refractivity contribution in [2.75, 3.05) is 27.2 Å². The van der Waals surface area contributed by atoms with Gasteiger partial charge in [-0.2, -0.15) is 0 Å². The predicted octanol–water partition coefficient (Wildman–Crippen LogP) is 5.05. The van der Waals surface area contributed by atoms with Crippen molar-refractivity contribution >= 4 is 45.5 Å². The Hall–Kier alpha value is -0.540. The molecular weight excluding hydrogens is 459 g/mol. The summed E-state index contributed by atoms with van der Waals surface area (Å²) in [6.07, 6.45) is 1.88. The fraction of sp³-hybridized carbons (Fsp3) is 0.611. The predicted molar refractivity (Wildman–Crippen MR) is 104 cm³/mol. The molecule has 1 saturated carbocycles. The number of thiophene rings is 1. The molecule has 0 N–H and O–H groups in total. The van der Waals surface area contributed by atoms with Gasteiger partial charge in [0.1, 0.15) is 4.88 Å². The molecule has 1 aliphatic heterocycles. The zero-order valence-corrected chi connectivity index (χ0v) is 17.4. The number of nitrogens with zero attached hydrogens (tertiary/aromatic N) is 1. The van der Waals surface area contributed by atoms with E-state index in [1.54, 1.807) is 0 Å². The van der Waals surface area contributed by atoms with Gasteiger partial charge in [0, 0.05) is 31.5 Å². The number of ether oxygens (including phenoxy) is 1. The number of alkyl halides is 2. The molecule has 0 radical (unpaired) electrons. The third-order valence-corrected chi connectivity index (χ3v) is 7.06. The minimum Gasteiger partial charge on any atom is -0.465 e. The van der Waals surface area contributed by atoms with Gasteiger partial charge in [-0.25, -0.2) is 13.6 Å². The normalized spacial score (nSPS) is 22.3. The van der Waals surface area contributed by atoms with Crippen LogP contribution in [-0.2, 0) is 4.74 Å². The molecule has 0 bridgehead atoms. The molecule has 1 aromatic heterocycles. The lowest BCUT2D eigenvalue weighted by Gasteiger charge is -2.36. The SMILES string of the molecule is COC(=O)c1sc(I)cc1C1=C(C2CCC(F)(F)CC2)CCN(C)C1. The van der Waals surface area contributed by atoms with Crippen LogP contribution in [0.2, 0.25) is 0 Å². The highest BCUT2D eigenvalue weighted by molar-refractivity contribution is 14.1. The van der Waals surface area contributed by atoms with Crippen molar-refractivity contribution in [2.24, 2.45) is 5.92 Å². The number of likely N-dealkylation sites (N-methyl/N-ethyl adjacent to an activating group) is 1. The quantitative estimate of drug-likeness (QED) is 0.447. The van der Waals surface area contributed by atoms with Crippen LogP contribution in [0.3, 0.4) is 0 Å². The second-order valence-corrected chi connectivity index (χ2v) is 9.85. The van der Waals surface area contributed by atoms with Crippen molar-refractivity contribution < 1.29 is 18.3 Å². The van der Waals surface area contributed by atoms with Gasteiger partial charge in [0.2, 0.25) is 5.92 Å². The summed E-state index contributed by atoms with van der Waals surface area (Å²) in [5, 5.41) is 0. The molecular formula is C18H22F2INO2S. The molecule has 2 heterocycles. The van der Waals surface area contributed by atoms with Gasteiger partial charge < -0.3 is 9.64 Å². The van der Waals surface area contributed by atoms with E-state index in [-0.39, 0.29) is 24.7 Å². The highest BCUT2D eigenvalue weighted by Gasteiger charge is 2.37. The zero-order valence-electron chi connectivity index (χ0n) is 14.4. The Bertz CT molecular complexity index is 691. The van der Waals surface area contributed by atoms with Crippen LogP contribution in [0.1, 0.15) is 47.3 Å². The number of esters is 1. The third-order valence-electron chi connectivity index (χ3n) is 5.19. The van der Waals surface area contributed by atoms with Crippen LogP contribution in [0.5, 0.6) is 0 Å². The molecule has 0 aromatic carbocycles. The molecule has 138 valence electrons. The van der Waals surface area contributed by atoms with E-state index in [1.807, 2.05) is 6.07 Å². The van der Waals surface area contributed by atoms with Crippen molar-refractivity contribution in [2.45, 2.75) is 38.0 Å². The standard InChI is InChI=1S/C18H22F2INO2S/c1-22-8-5-12(11-3-6-18(19,20)7-4-11)14(10-22)13-9-15(21)25-16(13)17(23)24-2/h9,11H,3-8,10H2,1-2H3. The molecule has 3 nitrogen and oxygen atoms in total. The molecule has 7 heteroatoms. The van der Waals surface area contributed by atoms with E-state index in [2.05, 4.69) is 34.5 Å². The maximum Gasteiger partial charge on any atom is 0.348 e. The van der Waals surface area contributed by atoms with E-state index in [0.29, 0.717) is 17.7 Å². The fourth-order valence-corrected chi connectivity index (χ4v) is 5.64. The van der Waals surface area contributed by atoms with Crippen LogP contribution < -0.4 is 0 Å². The minimum absolute atomic E-state index is 0.0324. The number of methoxy groups -OCH3 is 1. The summed E-state index contributed by atoms with van der Waals surface area (Å²) in [5.74, 6) is -2.64. The molecule has 0 amide bonds. The number of hydrogen-bond donors (Lipinski definition) is 0. The molecule has 2 aliphatic rings. The minimum atomic E-state index is -2.52. The molecule has 0 saturated heterocycles. The maximum atomic E-state index is 13.6. The Morgan fingerprint density at radius 2 is 2.08 bits per heavy atom. The van der Waals surface area contributed by atoms with Crippen LogP contribution >= 0.6 is 33.9 Å². The molecule has 25 heavy (non-hydrogen) atoms. The second kappa shape index (κ2) is 7.60. The summed E-state index contributed by atoms with van der Waals surface area (Å²) in [6.45, 7) is 1.68. The van der Waals surface area contributed by atoms with Gasteiger partial charge in [-0.05, 0) is 66.5 Å². The highest BCUT2D eigenvalue weighted by Crippen LogP contribution is 2.44. The van der Waals surface area contributed by atoms with Gasteiger partial charge in [-0.3, -0.25) is 0 Å². The first-order valence-corrected chi connectivity index (χ1v) is 10.4. The summed E-state index contributed by atoms with van der Waals surface area (Å²) in [7, 11) is 3.45. The van der Waals surface area contributed by atoms with Gasteiger partial charge >= 0.3 is 5.97 Å². The van der Waals surface area contributed by atoms with E-state index in [9.17, 15) is 13.6 Å². The number of carbonyl (C=O) groups is 1. The second-order valence-electron chi connectivity index (χ2n) is 6.91. The van der Waals surface area contributed by atoms with Crippen LogP contribution in [0.4, 0.5) is 8.78 Å². The molecule has 0 unspecified atom stereocenters. The van der Waals surface area contributed by atoms with Crippen LogP contribution in [-0.4, -0.2) is 44.0 Å². The van der Waals surface area contributed by atoms with Crippen molar-refractivity contribution in [3.8, 4) is 0 Å². The Kier molecular flexibility index (Phi) is 5.85. The van der Waals surface area contributed by atoms with Crippen LogP contribution in [0.15, 0.2) is 11.6 Å². The molecule has 1 aromatic rings. The summed E-state index contributed by atoms with van der Waals surface area (Å²) in [4.78, 5) is 15.0. The number of hydrogen-bond acceptors (Lipinski definition) is 4. The highest BCUT2D eigenvalue weighted by atomic mass is 127. The van der Waals surface area contributed by atoms with Crippen molar-refractivity contribution in [1.29, 1.82) is 0 Å². The molecule has 1 fully saturated rings. The molecule has 0 atom stereocenters. The van der Waals surface area contributed by atoms with Crippen molar-refractivity contribution in [3.63, 3.8) is 0 Å². The third kappa shape index (κ3) is 4.24. The van der Waals surface area contributed by atoms with Crippen molar-refractivity contribution in [3.05, 3.63) is 25.0 Å². The van der Waals surface area contributed by atoms with Crippen LogP contribution in [0.25, 0.3) is 5.57 Å². The average Bonchev–Trinajstić information content (AvgIpc) is 2.96. The maximum absolute atomic E-state index is 13.6. The van der Waals surface area contributed by atoms with Gasteiger partial charge in [-0.15, -0.1) is 11.3 Å². The Morgan fingerprint density at radius 3 is 2.72 bits per heavy atom. The molecule has 1 aliphatic carbocycles. The fourth-order valence-electron chi connectivity index (χ4n) is 3.84. The summed E-state index contributed by atoms with van der Waals surface area (Å²) in [6, 6.07) is 2.03. The number of rotatable bonds is 3. The summed E-state index contributed by atoms with van der Waals surface area (Å²) in [5.41, 5.74) is 3.34. The lowest BCUT2D eigenvalue weighted by atomic mass is 9.77. The monoisotopic (exact) mass is 481 g/mol. The summed E-state index contributed by atoms with van der Waals surface area (Å²) >= 11 is 3.65. The first kappa shape index (κ1) is 19.2. The zero-order chi connectivity index (χ0) is 18.2. The number of halogens is 3. The van der Waals surface area contributed by atoms with Crippen LogP contribution in [0, 0.1) is 8.80 Å². The lowest BCUT2D eigenvalue weighted by molar-refractivity contribution is -0.0424. The first-order valence-electron chi connectivity index (χ1n) is 8.47. The first-order chi connectivity index (χ1) is 11.8. The lowest BCUT2D eigenvalue weighted by Crippen LogP contribution is -2.32. The topological polar surface area (TPSA) is 29.5 Å². The van der Waals surface area contributed by atoms with E-state index in [1.165, 1.54) is 24.0 Å². The van der Waals surface area contributed by atoms with E-state index in [4.69, 9.17) is 4.74 Å². The molecule has 3 rings (SSSR count). The van der Waals surface area contributed by atoms with E-state index >= 15 is 0 Å². The van der Waals surface area contributed by atoms with Gasteiger partial charge in [0.05, 0.1) is 9.99 Å². The van der Waals surface area contributed by atoms with Gasteiger partial charge in [-0.1, -0.05) is 5.57 Å². The largest absolute Gasteiger partial charge is 0.465 e. The van der Waals surface area contributed by atoms with Gasteiger partial charge in [0.25, 0.3) is 0 Å². The average molecular weight is 481 g/mol. The molecule has 0 spiro atoms. The van der Waals surface area contributed by atoms with Crippen molar-refractivity contribution in [1.82, 2.24) is 4.90 Å². The smallest absolute Gasteiger partial charge is 0.348 e. The Labute approximate surface area is 164 Å². The number of carbonyl (C=O) groups excluding carboxylic acids is 1. The summed E-state index contributed by atoms with van der Waals surface area (Å²) < 4.78 is 33.1. The van der Waals surface area contributed by atoms with Gasteiger partial charge in [0.15, 0.2) is 0 Å².